The zero-order chi connectivity index (χ0) is 6.95. The van der Waals surface area contributed by atoms with Gasteiger partial charge in [-0.15, -0.1) is 0 Å². The van der Waals surface area contributed by atoms with Gasteiger partial charge >= 0.3 is 0 Å². The van der Waals surface area contributed by atoms with Gasteiger partial charge in [0.25, 0.3) is 0 Å². The van der Waals surface area contributed by atoms with Gasteiger partial charge in [-0.25, -0.2) is 0 Å². The molecule has 0 aliphatic rings. The predicted molar refractivity (Wildman–Crippen MR) is 47.0 cm³/mol. The van der Waals surface area contributed by atoms with Crippen molar-refractivity contribution < 1.29 is 0 Å². The van der Waals surface area contributed by atoms with Crippen LogP contribution in [0.5, 0.6) is 0 Å². The van der Waals surface area contributed by atoms with Crippen molar-refractivity contribution >= 4 is 15.9 Å². The first-order valence-electron chi connectivity index (χ1n) is 3.27. The second-order valence-electron chi connectivity index (χ2n) is 1.74. The Hall–Kier alpha value is -0.0400. The maximum absolute atomic E-state index is 3.31. The van der Waals surface area contributed by atoms with Gasteiger partial charge in [-0.3, -0.25) is 0 Å². The molecule has 0 saturated heterocycles. The number of alkyl halides is 1. The third-order valence-electron chi connectivity index (χ3n) is 0.930. The molecule has 0 saturated carbocycles. The SMILES string of the molecule is CCC=CC/C=C\CBr. The molecule has 52 valence electrons. The molecule has 0 aliphatic heterocycles. The Balaban J connectivity index is 3.08. The summed E-state index contributed by atoms with van der Waals surface area (Å²) in [6, 6.07) is 0. The highest BCUT2D eigenvalue weighted by Gasteiger charge is 1.68. The van der Waals surface area contributed by atoms with E-state index in [-0.39, 0.29) is 0 Å². The molecule has 0 aromatic heterocycles. The highest BCUT2D eigenvalue weighted by molar-refractivity contribution is 9.09. The Labute approximate surface area is 65.8 Å². The minimum Gasteiger partial charge on any atom is -0.0885 e. The normalized spacial score (nSPS) is 11.8. The van der Waals surface area contributed by atoms with Crippen LogP contribution in [0.1, 0.15) is 19.8 Å². The largest absolute Gasteiger partial charge is 0.0885 e. The first kappa shape index (κ1) is 8.96. The molecule has 0 heterocycles. The molecular formula is C8H13Br. The lowest BCUT2D eigenvalue weighted by molar-refractivity contribution is 1.20. The summed E-state index contributed by atoms with van der Waals surface area (Å²) in [5.41, 5.74) is 0. The first-order valence-corrected chi connectivity index (χ1v) is 4.40. The van der Waals surface area contributed by atoms with Crippen LogP contribution < -0.4 is 0 Å². The van der Waals surface area contributed by atoms with Crippen molar-refractivity contribution in [1.29, 1.82) is 0 Å². The molecule has 0 rings (SSSR count). The van der Waals surface area contributed by atoms with Gasteiger partial charge in [0.15, 0.2) is 0 Å². The van der Waals surface area contributed by atoms with Crippen LogP contribution >= 0.6 is 15.9 Å². The van der Waals surface area contributed by atoms with Crippen molar-refractivity contribution in [3.8, 4) is 0 Å². The molecule has 0 aliphatic carbocycles. The second kappa shape index (κ2) is 7.96. The zero-order valence-electron chi connectivity index (χ0n) is 5.81. The van der Waals surface area contributed by atoms with Crippen molar-refractivity contribution in [2.24, 2.45) is 0 Å². The number of halogens is 1. The van der Waals surface area contributed by atoms with Crippen molar-refractivity contribution in [2.45, 2.75) is 19.8 Å². The molecule has 0 bridgehead atoms. The number of rotatable bonds is 4. The number of hydrogen-bond donors (Lipinski definition) is 0. The lowest BCUT2D eigenvalue weighted by Gasteiger charge is -1.79. The Morgan fingerprint density at radius 3 is 2.33 bits per heavy atom. The van der Waals surface area contributed by atoms with Gasteiger partial charge in [-0.2, -0.15) is 0 Å². The molecule has 0 atom stereocenters. The summed E-state index contributed by atoms with van der Waals surface area (Å²) in [7, 11) is 0. The Morgan fingerprint density at radius 2 is 1.78 bits per heavy atom. The van der Waals surface area contributed by atoms with Crippen LogP contribution in [0.3, 0.4) is 0 Å². The van der Waals surface area contributed by atoms with E-state index in [0.29, 0.717) is 0 Å². The van der Waals surface area contributed by atoms with E-state index in [0.717, 1.165) is 18.2 Å². The van der Waals surface area contributed by atoms with E-state index in [1.165, 1.54) is 0 Å². The summed E-state index contributed by atoms with van der Waals surface area (Å²) in [5.74, 6) is 0. The van der Waals surface area contributed by atoms with Crippen LogP contribution in [-0.4, -0.2) is 5.33 Å². The van der Waals surface area contributed by atoms with Gasteiger partial charge in [-0.1, -0.05) is 47.2 Å². The van der Waals surface area contributed by atoms with Crippen LogP contribution in [0.25, 0.3) is 0 Å². The Kier molecular flexibility index (Phi) is 7.92. The lowest BCUT2D eigenvalue weighted by Crippen LogP contribution is -1.60. The average molecular weight is 189 g/mol. The molecule has 0 spiro atoms. The number of allylic oxidation sites excluding steroid dienone is 4. The van der Waals surface area contributed by atoms with Crippen molar-refractivity contribution in [3.63, 3.8) is 0 Å². The average Bonchev–Trinajstić information content (AvgIpc) is 1.89. The third-order valence-corrected chi connectivity index (χ3v) is 1.30. The van der Waals surface area contributed by atoms with Crippen molar-refractivity contribution in [2.75, 3.05) is 5.33 Å². The van der Waals surface area contributed by atoms with Crippen LogP contribution in [0.2, 0.25) is 0 Å². The van der Waals surface area contributed by atoms with E-state index in [4.69, 9.17) is 0 Å². The molecular weight excluding hydrogens is 176 g/mol. The first-order chi connectivity index (χ1) is 4.41. The molecule has 0 radical (unpaired) electrons. The van der Waals surface area contributed by atoms with Crippen LogP contribution in [-0.2, 0) is 0 Å². The zero-order valence-corrected chi connectivity index (χ0v) is 7.39. The minimum absolute atomic E-state index is 0.965. The molecule has 9 heavy (non-hydrogen) atoms. The topological polar surface area (TPSA) is 0 Å². The van der Waals surface area contributed by atoms with Gasteiger partial charge in [0, 0.05) is 5.33 Å². The summed E-state index contributed by atoms with van der Waals surface area (Å²) in [5, 5.41) is 0.965. The van der Waals surface area contributed by atoms with E-state index in [9.17, 15) is 0 Å². The van der Waals surface area contributed by atoms with E-state index >= 15 is 0 Å². The second-order valence-corrected chi connectivity index (χ2v) is 2.39. The monoisotopic (exact) mass is 188 g/mol. The van der Waals surface area contributed by atoms with Crippen LogP contribution in [0.15, 0.2) is 24.3 Å². The predicted octanol–water partition coefficient (Wildman–Crippen LogP) is 3.29. The summed E-state index contributed by atoms with van der Waals surface area (Å²) < 4.78 is 0. The summed E-state index contributed by atoms with van der Waals surface area (Å²) in [4.78, 5) is 0. The summed E-state index contributed by atoms with van der Waals surface area (Å²) >= 11 is 3.31. The van der Waals surface area contributed by atoms with E-state index in [1.807, 2.05) is 0 Å². The Bertz CT molecular complexity index is 80.7. The van der Waals surface area contributed by atoms with Crippen molar-refractivity contribution in [3.05, 3.63) is 24.3 Å². The molecule has 0 nitrogen and oxygen atoms in total. The highest BCUT2D eigenvalue weighted by atomic mass is 79.9. The molecule has 0 N–H and O–H groups in total. The maximum atomic E-state index is 3.31. The van der Waals surface area contributed by atoms with Gasteiger partial charge < -0.3 is 0 Å². The van der Waals surface area contributed by atoms with Gasteiger partial charge in [-0.05, 0) is 12.8 Å². The fraction of sp³-hybridized carbons (Fsp3) is 0.500. The number of hydrogen-bond acceptors (Lipinski definition) is 0. The van der Waals surface area contributed by atoms with Crippen LogP contribution in [0.4, 0.5) is 0 Å². The Morgan fingerprint density at radius 1 is 1.11 bits per heavy atom. The molecule has 0 unspecified atom stereocenters. The third kappa shape index (κ3) is 7.96. The fourth-order valence-electron chi connectivity index (χ4n) is 0.501. The van der Waals surface area contributed by atoms with Crippen molar-refractivity contribution in [1.82, 2.24) is 0 Å². The molecule has 0 aromatic carbocycles. The van der Waals surface area contributed by atoms with Gasteiger partial charge in [0.1, 0.15) is 0 Å². The van der Waals surface area contributed by atoms with Gasteiger partial charge in [0.2, 0.25) is 0 Å². The summed E-state index contributed by atoms with van der Waals surface area (Å²) in [6.07, 6.45) is 10.8. The standard InChI is InChI=1S/C8H13Br/c1-2-3-4-5-6-7-8-9/h3-4,6-7H,2,5,8H2,1H3/b4-3?,7-6-. The molecule has 1 heteroatoms. The fourth-order valence-corrected chi connectivity index (χ4v) is 0.765. The van der Waals surface area contributed by atoms with Gasteiger partial charge in [0.05, 0.1) is 0 Å². The minimum atomic E-state index is 0.965. The van der Waals surface area contributed by atoms with E-state index in [1.54, 1.807) is 0 Å². The van der Waals surface area contributed by atoms with Crippen LogP contribution in [0, 0.1) is 0 Å². The maximum Gasteiger partial charge on any atom is 0.0212 e. The van der Waals surface area contributed by atoms with E-state index in [2.05, 4.69) is 47.2 Å². The molecule has 0 fully saturated rings. The molecule has 0 aromatic rings. The summed E-state index contributed by atoms with van der Waals surface area (Å²) in [6.45, 7) is 2.14. The smallest absolute Gasteiger partial charge is 0.0212 e. The lowest BCUT2D eigenvalue weighted by atomic mass is 10.3. The van der Waals surface area contributed by atoms with E-state index < -0.39 is 0 Å². The quantitative estimate of drug-likeness (QED) is 0.470. The highest BCUT2D eigenvalue weighted by Crippen LogP contribution is 1.89. The molecule has 0 amide bonds.